The van der Waals surface area contributed by atoms with Gasteiger partial charge in [-0.25, -0.2) is 4.39 Å². The lowest BCUT2D eigenvalue weighted by Crippen LogP contribution is -2.28. The Kier molecular flexibility index (Phi) is 3.23. The minimum atomic E-state index is -0.200. The lowest BCUT2D eigenvalue weighted by Gasteiger charge is -2.31. The van der Waals surface area contributed by atoms with Crippen molar-refractivity contribution < 1.29 is 9.18 Å². The third kappa shape index (κ3) is 2.41. The van der Waals surface area contributed by atoms with Gasteiger partial charge in [-0.3, -0.25) is 4.79 Å². The summed E-state index contributed by atoms with van der Waals surface area (Å²) in [4.78, 5) is 12.3. The fourth-order valence-electron chi connectivity index (χ4n) is 3.29. The molecular formula is C18H20FNO. The van der Waals surface area contributed by atoms with Crippen LogP contribution in [0.5, 0.6) is 0 Å². The second-order valence-corrected chi connectivity index (χ2v) is 6.72. The SMILES string of the molecule is CC(c1ccccc1F)n1ccc2c1CC(C)(C)CC2=O. The number of benzene rings is 1. The summed E-state index contributed by atoms with van der Waals surface area (Å²) in [6.45, 7) is 6.20. The number of ketones is 1. The standard InChI is InChI=1S/C18H20FNO/c1-12(13-6-4-5-7-15(13)19)20-9-8-14-16(20)10-18(2,3)11-17(14)21/h4-9,12H,10-11H2,1-3H3. The second-order valence-electron chi connectivity index (χ2n) is 6.72. The molecule has 2 aromatic rings. The summed E-state index contributed by atoms with van der Waals surface area (Å²) >= 11 is 0. The highest BCUT2D eigenvalue weighted by atomic mass is 19.1. The molecule has 0 aliphatic heterocycles. The molecule has 1 atom stereocenters. The van der Waals surface area contributed by atoms with Gasteiger partial charge in [-0.2, -0.15) is 0 Å². The highest BCUT2D eigenvalue weighted by Crippen LogP contribution is 2.37. The maximum Gasteiger partial charge on any atom is 0.165 e. The molecule has 2 nitrogen and oxygen atoms in total. The van der Waals surface area contributed by atoms with E-state index in [1.165, 1.54) is 6.07 Å². The summed E-state index contributed by atoms with van der Waals surface area (Å²) in [5, 5.41) is 0. The zero-order valence-corrected chi connectivity index (χ0v) is 12.7. The van der Waals surface area contributed by atoms with Crippen LogP contribution in [0.4, 0.5) is 4.39 Å². The van der Waals surface area contributed by atoms with Gasteiger partial charge in [0.05, 0.1) is 6.04 Å². The van der Waals surface area contributed by atoms with Crippen molar-refractivity contribution in [2.24, 2.45) is 5.41 Å². The van der Waals surface area contributed by atoms with E-state index in [0.717, 1.165) is 17.7 Å². The summed E-state index contributed by atoms with van der Waals surface area (Å²) in [7, 11) is 0. The number of nitrogens with zero attached hydrogens (tertiary/aromatic N) is 1. The Hall–Kier alpha value is -1.90. The van der Waals surface area contributed by atoms with Crippen LogP contribution in [0.3, 0.4) is 0 Å². The molecule has 0 bridgehead atoms. The highest BCUT2D eigenvalue weighted by molar-refractivity contribution is 5.98. The lowest BCUT2D eigenvalue weighted by molar-refractivity contribution is 0.0909. The molecule has 1 heterocycles. The van der Waals surface area contributed by atoms with E-state index in [4.69, 9.17) is 0 Å². The first kappa shape index (κ1) is 14.1. The number of halogens is 1. The fourth-order valence-corrected chi connectivity index (χ4v) is 3.29. The van der Waals surface area contributed by atoms with Gasteiger partial charge in [0.25, 0.3) is 0 Å². The summed E-state index contributed by atoms with van der Waals surface area (Å²) in [6, 6.07) is 8.60. The first-order chi connectivity index (χ1) is 9.89. The van der Waals surface area contributed by atoms with Crippen molar-refractivity contribution in [1.29, 1.82) is 0 Å². The van der Waals surface area contributed by atoms with Crippen molar-refractivity contribution in [2.75, 3.05) is 0 Å². The molecule has 1 aromatic carbocycles. The van der Waals surface area contributed by atoms with Gasteiger partial charge in [0.15, 0.2) is 5.78 Å². The van der Waals surface area contributed by atoms with Gasteiger partial charge in [-0.15, -0.1) is 0 Å². The molecule has 0 N–H and O–H groups in total. The Morgan fingerprint density at radius 2 is 1.90 bits per heavy atom. The van der Waals surface area contributed by atoms with E-state index in [2.05, 4.69) is 13.8 Å². The van der Waals surface area contributed by atoms with Crippen LogP contribution in [0.2, 0.25) is 0 Å². The van der Waals surface area contributed by atoms with E-state index in [1.54, 1.807) is 6.07 Å². The maximum absolute atomic E-state index is 14.0. The van der Waals surface area contributed by atoms with E-state index in [1.807, 2.05) is 35.9 Å². The van der Waals surface area contributed by atoms with Crippen molar-refractivity contribution >= 4 is 5.78 Å². The minimum absolute atomic E-state index is 0.0326. The Morgan fingerprint density at radius 3 is 2.62 bits per heavy atom. The average molecular weight is 285 g/mol. The van der Waals surface area contributed by atoms with Gasteiger partial charge in [-0.1, -0.05) is 32.0 Å². The molecule has 1 aliphatic rings. The van der Waals surface area contributed by atoms with Gasteiger partial charge in [0.1, 0.15) is 5.82 Å². The normalized spacial score (nSPS) is 18.4. The molecule has 0 saturated carbocycles. The third-order valence-corrected chi connectivity index (χ3v) is 4.38. The Labute approximate surface area is 124 Å². The largest absolute Gasteiger partial charge is 0.343 e. The molecule has 1 aliphatic carbocycles. The number of aromatic nitrogens is 1. The lowest BCUT2D eigenvalue weighted by atomic mass is 9.76. The number of hydrogen-bond donors (Lipinski definition) is 0. The van der Waals surface area contributed by atoms with Crippen LogP contribution in [0.25, 0.3) is 0 Å². The molecule has 3 rings (SSSR count). The van der Waals surface area contributed by atoms with Crippen LogP contribution in [-0.2, 0) is 6.42 Å². The summed E-state index contributed by atoms with van der Waals surface area (Å²) in [6.07, 6.45) is 3.35. The van der Waals surface area contributed by atoms with E-state index >= 15 is 0 Å². The predicted octanol–water partition coefficient (Wildman–Crippen LogP) is 4.39. The monoisotopic (exact) mass is 285 g/mol. The van der Waals surface area contributed by atoms with Gasteiger partial charge >= 0.3 is 0 Å². The molecule has 0 fully saturated rings. The van der Waals surface area contributed by atoms with Crippen LogP contribution in [-0.4, -0.2) is 10.4 Å². The van der Waals surface area contributed by atoms with Crippen molar-refractivity contribution in [3.8, 4) is 0 Å². The second kappa shape index (κ2) is 4.83. The molecule has 1 unspecified atom stereocenters. The first-order valence-electron chi connectivity index (χ1n) is 7.36. The Morgan fingerprint density at radius 1 is 1.19 bits per heavy atom. The minimum Gasteiger partial charge on any atom is -0.343 e. The van der Waals surface area contributed by atoms with Crippen molar-refractivity contribution in [2.45, 2.75) is 39.7 Å². The zero-order chi connectivity index (χ0) is 15.2. The molecular weight excluding hydrogens is 265 g/mol. The van der Waals surface area contributed by atoms with Crippen LogP contribution < -0.4 is 0 Å². The number of Topliss-reactive ketones (excluding diaryl/α,β-unsaturated/α-hetero) is 1. The zero-order valence-electron chi connectivity index (χ0n) is 12.7. The molecule has 110 valence electrons. The maximum atomic E-state index is 14.0. The van der Waals surface area contributed by atoms with Crippen molar-refractivity contribution in [3.05, 3.63) is 59.2 Å². The number of carbonyl (C=O) groups is 1. The quantitative estimate of drug-likeness (QED) is 0.802. The number of rotatable bonds is 2. The smallest absolute Gasteiger partial charge is 0.165 e. The number of fused-ring (bicyclic) bond motifs is 1. The highest BCUT2D eigenvalue weighted by Gasteiger charge is 2.33. The summed E-state index contributed by atoms with van der Waals surface area (Å²) in [5.41, 5.74) is 2.46. The molecule has 0 amide bonds. The summed E-state index contributed by atoms with van der Waals surface area (Å²) in [5.74, 6) is -0.00502. The van der Waals surface area contributed by atoms with E-state index in [9.17, 15) is 9.18 Å². The number of carbonyl (C=O) groups excluding carboxylic acids is 1. The van der Waals surface area contributed by atoms with Crippen LogP contribution >= 0.6 is 0 Å². The Balaban J connectivity index is 2.06. The molecule has 1 aromatic heterocycles. The Bertz CT molecular complexity index is 699. The van der Waals surface area contributed by atoms with E-state index in [0.29, 0.717) is 12.0 Å². The number of hydrogen-bond acceptors (Lipinski definition) is 1. The van der Waals surface area contributed by atoms with Crippen LogP contribution in [0.1, 0.15) is 54.8 Å². The molecule has 3 heteroatoms. The van der Waals surface area contributed by atoms with Gasteiger partial charge in [-0.05, 0) is 30.9 Å². The molecule has 21 heavy (non-hydrogen) atoms. The van der Waals surface area contributed by atoms with E-state index < -0.39 is 0 Å². The fraction of sp³-hybridized carbons (Fsp3) is 0.389. The summed E-state index contributed by atoms with van der Waals surface area (Å²) < 4.78 is 16.1. The third-order valence-electron chi connectivity index (χ3n) is 4.38. The predicted molar refractivity (Wildman–Crippen MR) is 81.1 cm³/mol. The van der Waals surface area contributed by atoms with Gasteiger partial charge < -0.3 is 4.57 Å². The average Bonchev–Trinajstić information content (AvgIpc) is 2.81. The molecule has 0 saturated heterocycles. The van der Waals surface area contributed by atoms with Crippen LogP contribution in [0, 0.1) is 11.2 Å². The van der Waals surface area contributed by atoms with Crippen molar-refractivity contribution in [1.82, 2.24) is 4.57 Å². The van der Waals surface area contributed by atoms with Gasteiger partial charge in [0, 0.05) is 29.4 Å². The molecule has 0 spiro atoms. The topological polar surface area (TPSA) is 22.0 Å². The van der Waals surface area contributed by atoms with E-state index in [-0.39, 0.29) is 23.1 Å². The molecule has 0 radical (unpaired) electrons. The van der Waals surface area contributed by atoms with Gasteiger partial charge in [0.2, 0.25) is 0 Å². The first-order valence-corrected chi connectivity index (χ1v) is 7.36. The van der Waals surface area contributed by atoms with Crippen molar-refractivity contribution in [3.63, 3.8) is 0 Å². The van der Waals surface area contributed by atoms with Crippen LogP contribution in [0.15, 0.2) is 36.5 Å².